The molecule has 102 valence electrons. The molecular formula is C16H14BrFN2. The second-order valence-electron chi connectivity index (χ2n) is 4.57. The molecule has 0 spiro atoms. The van der Waals surface area contributed by atoms with Crippen molar-refractivity contribution in [3.05, 3.63) is 69.4 Å². The van der Waals surface area contributed by atoms with E-state index in [9.17, 15) is 4.39 Å². The molecule has 4 heteroatoms. The highest BCUT2D eigenvalue weighted by molar-refractivity contribution is 9.10. The van der Waals surface area contributed by atoms with Gasteiger partial charge in [0.1, 0.15) is 5.82 Å². The summed E-state index contributed by atoms with van der Waals surface area (Å²) >= 11 is 3.24. The van der Waals surface area contributed by atoms with Crippen LogP contribution in [-0.4, -0.2) is 0 Å². The Labute approximate surface area is 126 Å². The Hall–Kier alpha value is -1.70. The molecule has 2 nitrogen and oxygen atoms in total. The van der Waals surface area contributed by atoms with Crippen LogP contribution in [0.4, 0.5) is 4.39 Å². The molecule has 2 aromatic rings. The fraction of sp³-hybridized carbons (Fsp3) is 0.188. The van der Waals surface area contributed by atoms with Crippen molar-refractivity contribution < 1.29 is 4.39 Å². The first-order chi connectivity index (χ1) is 9.60. The van der Waals surface area contributed by atoms with Crippen LogP contribution in [0.15, 0.2) is 46.9 Å². The van der Waals surface area contributed by atoms with E-state index in [1.165, 1.54) is 6.07 Å². The third kappa shape index (κ3) is 3.66. The Bertz CT molecular complexity index is 632. The number of nitrogens with zero attached hydrogens (tertiary/aromatic N) is 1. The van der Waals surface area contributed by atoms with Crippen LogP contribution in [0.5, 0.6) is 0 Å². The molecule has 1 atom stereocenters. The van der Waals surface area contributed by atoms with Crippen LogP contribution in [0.2, 0.25) is 0 Å². The standard InChI is InChI=1S/C16H14BrFN2/c1-11(13-4-2-12(9-19)3-5-13)20-10-14-6-7-15(17)8-16(14)18/h2-8,11,20H,10H2,1H3. The molecule has 0 aliphatic carbocycles. The van der Waals surface area contributed by atoms with E-state index in [0.29, 0.717) is 17.7 Å². The van der Waals surface area contributed by atoms with Gasteiger partial charge in [0.25, 0.3) is 0 Å². The van der Waals surface area contributed by atoms with Crippen LogP contribution in [-0.2, 0) is 6.54 Å². The summed E-state index contributed by atoms with van der Waals surface area (Å²) in [5.74, 6) is -0.223. The van der Waals surface area contributed by atoms with Crippen LogP contribution >= 0.6 is 15.9 Å². The van der Waals surface area contributed by atoms with Crippen molar-refractivity contribution in [1.29, 1.82) is 5.26 Å². The average Bonchev–Trinajstić information content (AvgIpc) is 2.46. The van der Waals surface area contributed by atoms with Crippen molar-refractivity contribution in [2.75, 3.05) is 0 Å². The van der Waals surface area contributed by atoms with E-state index in [2.05, 4.69) is 27.3 Å². The molecule has 2 rings (SSSR count). The van der Waals surface area contributed by atoms with E-state index in [1.54, 1.807) is 18.2 Å². The monoisotopic (exact) mass is 332 g/mol. The van der Waals surface area contributed by atoms with Crippen LogP contribution in [0.1, 0.15) is 29.7 Å². The van der Waals surface area contributed by atoms with Crippen LogP contribution in [0.25, 0.3) is 0 Å². The summed E-state index contributed by atoms with van der Waals surface area (Å²) in [6.45, 7) is 2.47. The smallest absolute Gasteiger partial charge is 0.128 e. The Morgan fingerprint density at radius 2 is 1.95 bits per heavy atom. The zero-order valence-electron chi connectivity index (χ0n) is 11.0. The third-order valence-electron chi connectivity index (χ3n) is 3.15. The molecule has 0 aliphatic heterocycles. The van der Waals surface area contributed by atoms with Gasteiger partial charge in [-0.15, -0.1) is 0 Å². The van der Waals surface area contributed by atoms with Crippen molar-refractivity contribution in [2.45, 2.75) is 19.5 Å². The molecule has 0 saturated heterocycles. The number of hydrogen-bond donors (Lipinski definition) is 1. The van der Waals surface area contributed by atoms with Gasteiger partial charge in [-0.3, -0.25) is 0 Å². The highest BCUT2D eigenvalue weighted by Crippen LogP contribution is 2.17. The quantitative estimate of drug-likeness (QED) is 0.905. The summed E-state index contributed by atoms with van der Waals surface area (Å²) in [5, 5.41) is 12.0. The third-order valence-corrected chi connectivity index (χ3v) is 3.65. The second-order valence-corrected chi connectivity index (χ2v) is 5.49. The van der Waals surface area contributed by atoms with Gasteiger partial charge < -0.3 is 5.32 Å². The lowest BCUT2D eigenvalue weighted by Crippen LogP contribution is -2.18. The van der Waals surface area contributed by atoms with E-state index in [0.717, 1.165) is 10.0 Å². The summed E-state index contributed by atoms with van der Waals surface area (Å²) < 4.78 is 14.4. The van der Waals surface area contributed by atoms with E-state index in [-0.39, 0.29) is 11.9 Å². The summed E-state index contributed by atoms with van der Waals surface area (Å²) in [7, 11) is 0. The van der Waals surface area contributed by atoms with Gasteiger partial charge in [0.05, 0.1) is 11.6 Å². The fourth-order valence-corrected chi connectivity index (χ4v) is 2.23. The first-order valence-electron chi connectivity index (χ1n) is 6.27. The molecule has 0 saturated carbocycles. The molecular weight excluding hydrogens is 319 g/mol. The summed E-state index contributed by atoms with van der Waals surface area (Å²) in [6, 6.07) is 14.6. The van der Waals surface area contributed by atoms with Gasteiger partial charge in [0, 0.05) is 22.6 Å². The Balaban J connectivity index is 2.00. The van der Waals surface area contributed by atoms with Gasteiger partial charge in [-0.25, -0.2) is 4.39 Å². The van der Waals surface area contributed by atoms with Crippen molar-refractivity contribution in [1.82, 2.24) is 5.32 Å². The maximum absolute atomic E-state index is 13.7. The topological polar surface area (TPSA) is 35.8 Å². The minimum Gasteiger partial charge on any atom is -0.306 e. The first-order valence-corrected chi connectivity index (χ1v) is 7.07. The van der Waals surface area contributed by atoms with Gasteiger partial charge in [-0.05, 0) is 36.8 Å². The predicted octanol–water partition coefficient (Wildman–Crippen LogP) is 4.31. The minimum absolute atomic E-state index is 0.0887. The lowest BCUT2D eigenvalue weighted by atomic mass is 10.1. The van der Waals surface area contributed by atoms with Gasteiger partial charge >= 0.3 is 0 Å². The Morgan fingerprint density at radius 1 is 1.25 bits per heavy atom. The molecule has 20 heavy (non-hydrogen) atoms. The van der Waals surface area contributed by atoms with E-state index < -0.39 is 0 Å². The highest BCUT2D eigenvalue weighted by Gasteiger charge is 2.07. The molecule has 0 amide bonds. The largest absolute Gasteiger partial charge is 0.306 e. The summed E-state index contributed by atoms with van der Waals surface area (Å²) in [6.07, 6.45) is 0. The van der Waals surface area contributed by atoms with E-state index in [4.69, 9.17) is 5.26 Å². The van der Waals surface area contributed by atoms with Gasteiger partial charge in [-0.2, -0.15) is 5.26 Å². The molecule has 0 heterocycles. The van der Waals surface area contributed by atoms with E-state index >= 15 is 0 Å². The van der Waals surface area contributed by atoms with Crippen molar-refractivity contribution in [3.63, 3.8) is 0 Å². The van der Waals surface area contributed by atoms with Crippen molar-refractivity contribution in [2.24, 2.45) is 0 Å². The molecule has 0 aromatic heterocycles. The molecule has 1 N–H and O–H groups in total. The highest BCUT2D eigenvalue weighted by atomic mass is 79.9. The SMILES string of the molecule is CC(NCc1ccc(Br)cc1F)c1ccc(C#N)cc1. The molecule has 0 aliphatic rings. The van der Waals surface area contributed by atoms with Crippen LogP contribution in [0.3, 0.4) is 0 Å². The van der Waals surface area contributed by atoms with Crippen LogP contribution in [0, 0.1) is 17.1 Å². The number of hydrogen-bond acceptors (Lipinski definition) is 2. The summed E-state index contributed by atoms with van der Waals surface area (Å²) in [4.78, 5) is 0. The minimum atomic E-state index is -0.223. The zero-order valence-corrected chi connectivity index (χ0v) is 12.6. The second kappa shape index (κ2) is 6.65. The fourth-order valence-electron chi connectivity index (χ4n) is 1.89. The number of halogens is 2. The molecule has 1 unspecified atom stereocenters. The average molecular weight is 333 g/mol. The van der Waals surface area contributed by atoms with Crippen molar-refractivity contribution >= 4 is 15.9 Å². The van der Waals surface area contributed by atoms with Crippen LogP contribution < -0.4 is 5.32 Å². The number of nitriles is 1. The van der Waals surface area contributed by atoms with Crippen molar-refractivity contribution in [3.8, 4) is 6.07 Å². The maximum Gasteiger partial charge on any atom is 0.128 e. The number of benzene rings is 2. The zero-order chi connectivity index (χ0) is 14.5. The summed E-state index contributed by atoms with van der Waals surface area (Å²) in [5.41, 5.74) is 2.34. The first kappa shape index (κ1) is 14.7. The lowest BCUT2D eigenvalue weighted by molar-refractivity contribution is 0.544. The van der Waals surface area contributed by atoms with Gasteiger partial charge in [0.15, 0.2) is 0 Å². The maximum atomic E-state index is 13.7. The Morgan fingerprint density at radius 3 is 2.55 bits per heavy atom. The predicted molar refractivity (Wildman–Crippen MR) is 80.5 cm³/mol. The van der Waals surface area contributed by atoms with E-state index in [1.807, 2.05) is 25.1 Å². The Kier molecular flexibility index (Phi) is 4.89. The number of rotatable bonds is 4. The van der Waals surface area contributed by atoms with Gasteiger partial charge in [-0.1, -0.05) is 34.1 Å². The molecule has 0 bridgehead atoms. The normalized spacial score (nSPS) is 11.9. The lowest BCUT2D eigenvalue weighted by Gasteiger charge is -2.15. The molecule has 2 aromatic carbocycles. The molecule has 0 fully saturated rings. The van der Waals surface area contributed by atoms with Gasteiger partial charge in [0.2, 0.25) is 0 Å². The number of nitrogens with one attached hydrogen (secondary N) is 1. The molecule has 0 radical (unpaired) electrons.